The van der Waals surface area contributed by atoms with E-state index in [1.54, 1.807) is 48.5 Å². The lowest BCUT2D eigenvalue weighted by Gasteiger charge is -2.23. The van der Waals surface area contributed by atoms with Gasteiger partial charge in [0.1, 0.15) is 13.2 Å². The van der Waals surface area contributed by atoms with Gasteiger partial charge in [0, 0.05) is 5.02 Å². The Bertz CT molecular complexity index is 1530. The van der Waals surface area contributed by atoms with E-state index in [9.17, 15) is 13.2 Å². The number of halogens is 1. The average Bonchev–Trinajstić information content (AvgIpc) is 2.96. The van der Waals surface area contributed by atoms with Crippen molar-refractivity contribution in [3.63, 3.8) is 0 Å². The Hall–Kier alpha value is -4.34. The molecule has 0 heterocycles. The van der Waals surface area contributed by atoms with Crippen LogP contribution in [-0.4, -0.2) is 34.2 Å². The average molecular weight is 564 g/mol. The van der Waals surface area contributed by atoms with Crippen LogP contribution in [0.15, 0.2) is 113 Å². The van der Waals surface area contributed by atoms with Crippen LogP contribution in [0.2, 0.25) is 5.02 Å². The number of amides is 1. The van der Waals surface area contributed by atoms with Gasteiger partial charge >= 0.3 is 0 Å². The lowest BCUT2D eigenvalue weighted by atomic mass is 10.2. The minimum atomic E-state index is -4.05. The molecule has 200 valence electrons. The zero-order valence-corrected chi connectivity index (χ0v) is 22.6. The summed E-state index contributed by atoms with van der Waals surface area (Å²) in [5.74, 6) is 0.446. The molecular weight excluding hydrogens is 538 g/mol. The molecule has 0 saturated carbocycles. The summed E-state index contributed by atoms with van der Waals surface area (Å²) >= 11 is 5.92. The fourth-order valence-electron chi connectivity index (χ4n) is 3.61. The molecule has 1 N–H and O–H groups in total. The van der Waals surface area contributed by atoms with Gasteiger partial charge in [-0.1, -0.05) is 60.1 Å². The van der Waals surface area contributed by atoms with Crippen LogP contribution in [0.1, 0.15) is 11.1 Å². The number of benzene rings is 4. The van der Waals surface area contributed by atoms with Crippen LogP contribution in [0.3, 0.4) is 0 Å². The summed E-state index contributed by atoms with van der Waals surface area (Å²) < 4.78 is 39.0. The molecule has 0 aliphatic rings. The summed E-state index contributed by atoms with van der Waals surface area (Å²) in [5.41, 5.74) is 4.40. The first kappa shape index (κ1) is 27.7. The third-order valence-corrected chi connectivity index (χ3v) is 7.60. The van der Waals surface area contributed by atoms with E-state index in [0.29, 0.717) is 34.4 Å². The van der Waals surface area contributed by atoms with Crippen molar-refractivity contribution < 1.29 is 22.7 Å². The van der Waals surface area contributed by atoms with Crippen molar-refractivity contribution in [2.45, 2.75) is 11.5 Å². The van der Waals surface area contributed by atoms with Crippen LogP contribution in [0.5, 0.6) is 11.5 Å². The van der Waals surface area contributed by atoms with Crippen LogP contribution in [0.4, 0.5) is 5.69 Å². The highest BCUT2D eigenvalue weighted by Crippen LogP contribution is 2.28. The molecule has 0 aromatic heterocycles. The summed E-state index contributed by atoms with van der Waals surface area (Å²) in [6.45, 7) is -0.0978. The van der Waals surface area contributed by atoms with Crippen molar-refractivity contribution in [1.29, 1.82) is 0 Å². The maximum Gasteiger partial charge on any atom is 0.264 e. The zero-order valence-electron chi connectivity index (χ0n) is 21.0. The SMILES string of the molecule is COc1cc(/C=N\NC(=O)CN(c2ccccc2)S(=O)(=O)c2ccc(Cl)cc2)ccc1OCc1ccccc1. The number of hydrogen-bond donors (Lipinski definition) is 1. The molecule has 4 rings (SSSR count). The van der Waals surface area contributed by atoms with Crippen molar-refractivity contribution >= 4 is 39.4 Å². The molecule has 0 saturated heterocycles. The summed E-state index contributed by atoms with van der Waals surface area (Å²) in [6, 6.07) is 29.1. The van der Waals surface area contributed by atoms with Crippen molar-refractivity contribution in [2.75, 3.05) is 18.0 Å². The number of hydrazone groups is 1. The Morgan fingerprint density at radius 2 is 1.59 bits per heavy atom. The van der Waals surface area contributed by atoms with Crippen LogP contribution in [0.25, 0.3) is 0 Å². The number of methoxy groups -OCH3 is 1. The fraction of sp³-hybridized carbons (Fsp3) is 0.103. The molecule has 39 heavy (non-hydrogen) atoms. The predicted molar refractivity (Wildman–Crippen MR) is 152 cm³/mol. The predicted octanol–water partition coefficient (Wildman–Crippen LogP) is 5.27. The van der Waals surface area contributed by atoms with E-state index in [4.69, 9.17) is 21.1 Å². The molecule has 0 bridgehead atoms. The monoisotopic (exact) mass is 563 g/mol. The minimum Gasteiger partial charge on any atom is -0.493 e. The van der Waals surface area contributed by atoms with E-state index in [1.165, 1.54) is 37.6 Å². The number of hydrogen-bond acceptors (Lipinski definition) is 6. The molecule has 1 amide bonds. The van der Waals surface area contributed by atoms with E-state index in [-0.39, 0.29) is 4.90 Å². The number of nitrogens with one attached hydrogen (secondary N) is 1. The Balaban J connectivity index is 1.44. The lowest BCUT2D eigenvalue weighted by molar-refractivity contribution is -0.119. The highest BCUT2D eigenvalue weighted by atomic mass is 35.5. The van der Waals surface area contributed by atoms with Gasteiger partial charge < -0.3 is 9.47 Å². The first-order valence-corrected chi connectivity index (χ1v) is 13.7. The second-order valence-electron chi connectivity index (χ2n) is 8.28. The Morgan fingerprint density at radius 1 is 0.923 bits per heavy atom. The third-order valence-electron chi connectivity index (χ3n) is 5.56. The molecule has 4 aromatic rings. The largest absolute Gasteiger partial charge is 0.493 e. The molecule has 0 spiro atoms. The second-order valence-corrected chi connectivity index (χ2v) is 10.6. The number of carbonyl (C=O) groups excluding carboxylic acids is 1. The quantitative estimate of drug-likeness (QED) is 0.198. The fourth-order valence-corrected chi connectivity index (χ4v) is 5.15. The smallest absolute Gasteiger partial charge is 0.264 e. The summed E-state index contributed by atoms with van der Waals surface area (Å²) in [7, 11) is -2.52. The molecule has 0 radical (unpaired) electrons. The van der Waals surface area contributed by atoms with Crippen LogP contribution in [-0.2, 0) is 21.4 Å². The molecule has 8 nitrogen and oxygen atoms in total. The molecule has 0 fully saturated rings. The highest BCUT2D eigenvalue weighted by Gasteiger charge is 2.27. The van der Waals surface area contributed by atoms with Gasteiger partial charge in [0.05, 0.1) is 23.9 Å². The van der Waals surface area contributed by atoms with Gasteiger partial charge in [0.15, 0.2) is 11.5 Å². The van der Waals surface area contributed by atoms with E-state index in [0.717, 1.165) is 9.87 Å². The molecular formula is C29H26ClN3O5S. The minimum absolute atomic E-state index is 0.00808. The van der Waals surface area contributed by atoms with Crippen LogP contribution >= 0.6 is 11.6 Å². The molecule has 0 aliphatic carbocycles. The van der Waals surface area contributed by atoms with Crippen LogP contribution in [0, 0.1) is 0 Å². The van der Waals surface area contributed by atoms with Crippen LogP contribution < -0.4 is 19.2 Å². The topological polar surface area (TPSA) is 97.3 Å². The maximum absolute atomic E-state index is 13.4. The number of anilines is 1. The number of para-hydroxylation sites is 1. The van der Waals surface area contributed by atoms with Gasteiger partial charge in [-0.15, -0.1) is 0 Å². The van der Waals surface area contributed by atoms with E-state index < -0.39 is 22.5 Å². The van der Waals surface area contributed by atoms with Crippen molar-refractivity contribution in [3.05, 3.63) is 119 Å². The Morgan fingerprint density at radius 3 is 2.26 bits per heavy atom. The second kappa shape index (κ2) is 12.9. The first-order chi connectivity index (χ1) is 18.9. The zero-order chi connectivity index (χ0) is 27.7. The van der Waals surface area contributed by atoms with Gasteiger partial charge in [-0.25, -0.2) is 13.8 Å². The van der Waals surface area contributed by atoms with E-state index in [1.807, 2.05) is 30.3 Å². The number of ether oxygens (including phenoxy) is 2. The van der Waals surface area contributed by atoms with Gasteiger partial charge in [-0.3, -0.25) is 9.10 Å². The molecule has 10 heteroatoms. The molecule has 4 aromatic carbocycles. The number of carbonyl (C=O) groups is 1. The van der Waals surface area contributed by atoms with Crippen molar-refractivity contribution in [2.24, 2.45) is 5.10 Å². The Labute approximate surface area is 232 Å². The number of sulfonamides is 1. The van der Waals surface area contributed by atoms with Crippen molar-refractivity contribution in [1.82, 2.24) is 5.43 Å². The standard InChI is InChI=1S/C29H26ClN3O5S/c1-37-28-18-23(12-17-27(28)38-21-22-8-4-2-5-9-22)19-31-32-29(34)20-33(25-10-6-3-7-11-25)39(35,36)26-15-13-24(30)14-16-26/h2-19H,20-21H2,1H3,(H,32,34)/b31-19-. The number of nitrogens with zero attached hydrogens (tertiary/aromatic N) is 2. The summed E-state index contributed by atoms with van der Waals surface area (Å²) in [5, 5.41) is 4.40. The van der Waals surface area contributed by atoms with Gasteiger partial charge in [0.25, 0.3) is 15.9 Å². The number of rotatable bonds is 11. The van der Waals surface area contributed by atoms with Crippen molar-refractivity contribution in [3.8, 4) is 11.5 Å². The molecule has 0 atom stereocenters. The maximum atomic E-state index is 13.4. The van der Waals surface area contributed by atoms with Gasteiger partial charge in [0.2, 0.25) is 0 Å². The lowest BCUT2D eigenvalue weighted by Crippen LogP contribution is -2.39. The highest BCUT2D eigenvalue weighted by molar-refractivity contribution is 7.92. The van der Waals surface area contributed by atoms with E-state index in [2.05, 4.69) is 10.5 Å². The van der Waals surface area contributed by atoms with E-state index >= 15 is 0 Å². The molecule has 0 unspecified atom stereocenters. The Kier molecular flexibility index (Phi) is 9.19. The van der Waals surface area contributed by atoms with Gasteiger partial charge in [-0.05, 0) is 65.7 Å². The summed E-state index contributed by atoms with van der Waals surface area (Å²) in [4.78, 5) is 12.8. The van der Waals surface area contributed by atoms with Gasteiger partial charge in [-0.2, -0.15) is 5.10 Å². The first-order valence-electron chi connectivity index (χ1n) is 11.9. The normalized spacial score (nSPS) is 11.2. The molecule has 0 aliphatic heterocycles. The third kappa shape index (κ3) is 7.37. The summed E-state index contributed by atoms with van der Waals surface area (Å²) in [6.07, 6.45) is 1.43.